The number of hydrogen-bond acceptors (Lipinski definition) is 4. The molecule has 2 aromatic rings. The molecule has 0 saturated heterocycles. The summed E-state index contributed by atoms with van der Waals surface area (Å²) in [4.78, 5) is 5.10. The second-order valence-electron chi connectivity index (χ2n) is 3.96. The Kier molecular flexibility index (Phi) is 3.76. The average molecular weight is 249 g/mol. The number of aliphatic hydroxyl groups is 1. The van der Waals surface area contributed by atoms with Crippen molar-refractivity contribution < 1.29 is 9.84 Å². The van der Waals surface area contributed by atoms with E-state index in [-0.39, 0.29) is 0 Å². The SMILES string of the molecule is Cc1cc([C@@H](C)O)ccc1OCc1cncs1. The lowest BCUT2D eigenvalue weighted by Gasteiger charge is -2.11. The van der Waals surface area contributed by atoms with Gasteiger partial charge in [-0.25, -0.2) is 0 Å². The molecule has 4 heteroatoms. The molecule has 0 fully saturated rings. The summed E-state index contributed by atoms with van der Waals surface area (Å²) in [6.07, 6.45) is 1.37. The third kappa shape index (κ3) is 3.05. The lowest BCUT2D eigenvalue weighted by atomic mass is 10.1. The zero-order valence-electron chi connectivity index (χ0n) is 9.88. The number of benzene rings is 1. The maximum Gasteiger partial charge on any atom is 0.124 e. The van der Waals surface area contributed by atoms with Crippen molar-refractivity contribution in [3.8, 4) is 5.75 Å². The third-order valence-corrected chi connectivity index (χ3v) is 3.29. The van der Waals surface area contributed by atoms with Crippen molar-refractivity contribution in [2.45, 2.75) is 26.6 Å². The Hall–Kier alpha value is -1.39. The highest BCUT2D eigenvalue weighted by Crippen LogP contribution is 2.23. The van der Waals surface area contributed by atoms with Gasteiger partial charge < -0.3 is 9.84 Å². The third-order valence-electron chi connectivity index (χ3n) is 2.53. The molecule has 0 aliphatic carbocycles. The van der Waals surface area contributed by atoms with Crippen LogP contribution in [0.4, 0.5) is 0 Å². The van der Waals surface area contributed by atoms with E-state index in [0.29, 0.717) is 6.61 Å². The van der Waals surface area contributed by atoms with Gasteiger partial charge in [0.1, 0.15) is 12.4 Å². The number of ether oxygens (including phenoxy) is 1. The van der Waals surface area contributed by atoms with Crippen LogP contribution in [0.1, 0.15) is 29.0 Å². The second kappa shape index (κ2) is 5.29. The van der Waals surface area contributed by atoms with Crippen molar-refractivity contribution in [3.05, 3.63) is 45.9 Å². The fraction of sp³-hybridized carbons (Fsp3) is 0.308. The number of nitrogens with zero attached hydrogens (tertiary/aromatic N) is 1. The number of aromatic nitrogens is 1. The highest BCUT2D eigenvalue weighted by atomic mass is 32.1. The fourth-order valence-corrected chi connectivity index (χ4v) is 2.06. The van der Waals surface area contributed by atoms with Crippen molar-refractivity contribution in [1.29, 1.82) is 0 Å². The molecule has 1 aromatic heterocycles. The lowest BCUT2D eigenvalue weighted by Crippen LogP contribution is -1.97. The molecule has 0 bridgehead atoms. The first-order chi connectivity index (χ1) is 8.16. The van der Waals surface area contributed by atoms with Crippen LogP contribution in [0.3, 0.4) is 0 Å². The Morgan fingerprint density at radius 2 is 2.29 bits per heavy atom. The first-order valence-corrected chi connectivity index (χ1v) is 6.33. The molecule has 0 unspecified atom stereocenters. The largest absolute Gasteiger partial charge is 0.488 e. The van der Waals surface area contributed by atoms with Gasteiger partial charge in [0.2, 0.25) is 0 Å². The zero-order chi connectivity index (χ0) is 12.3. The summed E-state index contributed by atoms with van der Waals surface area (Å²) >= 11 is 1.58. The maximum absolute atomic E-state index is 9.47. The second-order valence-corrected chi connectivity index (χ2v) is 4.93. The minimum absolute atomic E-state index is 0.441. The van der Waals surface area contributed by atoms with Crippen LogP contribution in [0.5, 0.6) is 5.75 Å². The topological polar surface area (TPSA) is 42.4 Å². The highest BCUT2D eigenvalue weighted by molar-refractivity contribution is 7.09. The standard InChI is InChI=1S/C13H15NO2S/c1-9-5-11(10(2)15)3-4-13(9)16-7-12-6-14-8-17-12/h3-6,8,10,15H,7H2,1-2H3/t10-/m1/s1. The summed E-state index contributed by atoms with van der Waals surface area (Å²) in [6.45, 7) is 4.28. The van der Waals surface area contributed by atoms with E-state index >= 15 is 0 Å². The van der Waals surface area contributed by atoms with Crippen LogP contribution in [0.15, 0.2) is 29.9 Å². The molecule has 2 rings (SSSR count). The smallest absolute Gasteiger partial charge is 0.124 e. The molecule has 3 nitrogen and oxygen atoms in total. The molecule has 0 aliphatic rings. The summed E-state index contributed by atoms with van der Waals surface area (Å²) in [7, 11) is 0. The first kappa shape index (κ1) is 12.1. The summed E-state index contributed by atoms with van der Waals surface area (Å²) in [5.41, 5.74) is 3.74. The van der Waals surface area contributed by atoms with Crippen molar-refractivity contribution >= 4 is 11.3 Å². The fourth-order valence-electron chi connectivity index (χ4n) is 1.56. The zero-order valence-corrected chi connectivity index (χ0v) is 10.7. The van der Waals surface area contributed by atoms with Crippen molar-refractivity contribution in [2.75, 3.05) is 0 Å². The number of rotatable bonds is 4. The molecule has 1 atom stereocenters. The van der Waals surface area contributed by atoms with Gasteiger partial charge in [-0.3, -0.25) is 4.98 Å². The van der Waals surface area contributed by atoms with Gasteiger partial charge in [-0.2, -0.15) is 0 Å². The monoisotopic (exact) mass is 249 g/mol. The van der Waals surface area contributed by atoms with Crippen LogP contribution >= 0.6 is 11.3 Å². The van der Waals surface area contributed by atoms with E-state index < -0.39 is 6.10 Å². The molecule has 1 N–H and O–H groups in total. The maximum atomic E-state index is 9.47. The van der Waals surface area contributed by atoms with Gasteiger partial charge in [0.25, 0.3) is 0 Å². The van der Waals surface area contributed by atoms with Gasteiger partial charge in [0, 0.05) is 6.20 Å². The molecule has 0 aliphatic heterocycles. The Morgan fingerprint density at radius 3 is 2.88 bits per heavy atom. The van der Waals surface area contributed by atoms with Gasteiger partial charge in [-0.15, -0.1) is 11.3 Å². The van der Waals surface area contributed by atoms with Gasteiger partial charge in [0.05, 0.1) is 16.5 Å². The van der Waals surface area contributed by atoms with Gasteiger partial charge in [0.15, 0.2) is 0 Å². The van der Waals surface area contributed by atoms with Crippen molar-refractivity contribution in [2.24, 2.45) is 0 Å². The quantitative estimate of drug-likeness (QED) is 0.905. The van der Waals surface area contributed by atoms with Gasteiger partial charge in [-0.1, -0.05) is 6.07 Å². The van der Waals surface area contributed by atoms with Crippen LogP contribution in [0, 0.1) is 6.92 Å². The molecule has 0 amide bonds. The number of aliphatic hydroxyl groups excluding tert-OH is 1. The van der Waals surface area contributed by atoms with E-state index in [1.807, 2.05) is 31.3 Å². The minimum Gasteiger partial charge on any atom is -0.488 e. The Balaban J connectivity index is 2.06. The highest BCUT2D eigenvalue weighted by Gasteiger charge is 2.05. The van der Waals surface area contributed by atoms with E-state index in [0.717, 1.165) is 21.8 Å². The minimum atomic E-state index is -0.441. The molecule has 90 valence electrons. The molecule has 1 heterocycles. The molecule has 0 spiro atoms. The lowest BCUT2D eigenvalue weighted by molar-refractivity contribution is 0.199. The number of hydrogen-bond donors (Lipinski definition) is 1. The normalized spacial score (nSPS) is 12.4. The summed E-state index contributed by atoms with van der Waals surface area (Å²) in [5.74, 6) is 0.850. The van der Waals surface area contributed by atoms with Crippen LogP contribution in [-0.4, -0.2) is 10.1 Å². The van der Waals surface area contributed by atoms with Crippen molar-refractivity contribution in [3.63, 3.8) is 0 Å². The van der Waals surface area contributed by atoms with Gasteiger partial charge >= 0.3 is 0 Å². The number of thiazole rings is 1. The summed E-state index contributed by atoms with van der Waals surface area (Å²) < 4.78 is 5.70. The van der Waals surface area contributed by atoms with Crippen LogP contribution in [-0.2, 0) is 6.61 Å². The Morgan fingerprint density at radius 1 is 1.47 bits per heavy atom. The Labute approximate surface area is 105 Å². The molecular weight excluding hydrogens is 234 g/mol. The molecule has 0 radical (unpaired) electrons. The average Bonchev–Trinajstić information content (AvgIpc) is 2.80. The molecular formula is C13H15NO2S. The molecule has 0 saturated carbocycles. The first-order valence-electron chi connectivity index (χ1n) is 5.45. The Bertz CT molecular complexity index is 480. The molecule has 17 heavy (non-hydrogen) atoms. The number of aryl methyl sites for hydroxylation is 1. The summed E-state index contributed by atoms with van der Waals surface area (Å²) in [6, 6.07) is 5.74. The van der Waals surface area contributed by atoms with E-state index in [4.69, 9.17) is 4.74 Å². The van der Waals surface area contributed by atoms with Crippen molar-refractivity contribution in [1.82, 2.24) is 4.98 Å². The van der Waals surface area contributed by atoms with Gasteiger partial charge in [-0.05, 0) is 37.1 Å². The predicted molar refractivity (Wildman–Crippen MR) is 68.3 cm³/mol. The predicted octanol–water partition coefficient (Wildman–Crippen LogP) is 3.08. The van der Waals surface area contributed by atoms with Crippen LogP contribution < -0.4 is 4.74 Å². The van der Waals surface area contributed by atoms with E-state index in [2.05, 4.69) is 4.98 Å². The van der Waals surface area contributed by atoms with Crippen LogP contribution in [0.2, 0.25) is 0 Å². The van der Waals surface area contributed by atoms with E-state index in [1.165, 1.54) is 0 Å². The van der Waals surface area contributed by atoms with E-state index in [1.54, 1.807) is 23.8 Å². The molecule has 1 aromatic carbocycles. The van der Waals surface area contributed by atoms with Crippen LogP contribution in [0.25, 0.3) is 0 Å². The van der Waals surface area contributed by atoms with E-state index in [9.17, 15) is 5.11 Å². The summed E-state index contributed by atoms with van der Waals surface area (Å²) in [5, 5.41) is 9.47.